The average Bonchev–Trinajstić information content (AvgIpc) is 4.25. The molecule has 0 saturated carbocycles. The second-order valence-corrected chi connectivity index (χ2v) is 21.1. The highest BCUT2D eigenvalue weighted by Gasteiger charge is 2.20. The lowest BCUT2D eigenvalue weighted by Crippen LogP contribution is -2.46. The van der Waals surface area contributed by atoms with Crippen LogP contribution in [0.4, 0.5) is 5.69 Å². The van der Waals surface area contributed by atoms with E-state index in [1.54, 1.807) is 26.6 Å². The number of nitrogens with zero attached hydrogens (tertiary/aromatic N) is 5. The van der Waals surface area contributed by atoms with Crippen LogP contribution < -0.4 is 31.7 Å². The van der Waals surface area contributed by atoms with Crippen LogP contribution in [0, 0.1) is 6.92 Å². The smallest absolute Gasteiger partial charge is 0.350 e. The Kier molecular flexibility index (Phi) is 22.9. The van der Waals surface area contributed by atoms with Gasteiger partial charge in [0, 0.05) is 111 Å². The standard InChI is InChI=1S/C19H22ClN5O.C17H21NO.C16H19NO2S.C11H12N2O2/c20-16-5-3-6-17(15-16)23-13-11-22(12-14-23)8-4-10-25-19(26)24-9-2-1-7-18(24)21-25;1-14-8-6-7-11-16(14)17(19-13-12-18-2)15-9-4-3-5-10-15;1-2-6-16(19-12-14-11-17-7-8-18-14)13(4-1)10-15-5-3-9-20-15;12-9(11(14)15)5-7-6-13-10-4-2-1-3-8(7)10/h1-3,5-7,9,15H,4,8,10-14H2;3-11,17-18H,12-13H2,1-2H3;1-6,9,14,17H,7-8,10-12H2;1-4,6,9,13H,5,12H2,(H,14,15). The SMILES string of the molecule is CNCCOC(c1ccccc1)c1ccccc1C.NC(Cc1c[nH]c2ccccc12)C(=O)O.O=c1n(CCCN2CCN(c3cccc(Cl)c3)CC2)nc2ccccn12.c1csc(Cc2ccccc2OCC2CNCCO2)c1. The monoisotopic (exact) mass is 1120 g/mol. The number of piperazine rings is 1. The summed E-state index contributed by atoms with van der Waals surface area (Å²) in [4.78, 5) is 32.2. The van der Waals surface area contributed by atoms with E-state index < -0.39 is 12.0 Å². The number of carboxylic acids is 1. The molecule has 11 rings (SSSR count). The Balaban J connectivity index is 0.000000143. The molecule has 17 heteroatoms. The molecule has 6 N–H and O–H groups in total. The van der Waals surface area contributed by atoms with Crippen molar-refractivity contribution in [1.82, 2.24) is 34.7 Å². The van der Waals surface area contributed by atoms with Gasteiger partial charge in [-0.25, -0.2) is 9.48 Å². The van der Waals surface area contributed by atoms with Crippen molar-refractivity contribution in [2.45, 2.75) is 51.0 Å². The van der Waals surface area contributed by atoms with Gasteiger partial charge in [0.2, 0.25) is 0 Å². The van der Waals surface area contributed by atoms with Crippen LogP contribution in [-0.2, 0) is 33.7 Å². The van der Waals surface area contributed by atoms with E-state index in [1.807, 2.05) is 92.1 Å². The number of H-pyrrole nitrogens is 1. The fourth-order valence-corrected chi connectivity index (χ4v) is 10.5. The van der Waals surface area contributed by atoms with E-state index in [1.165, 1.54) is 32.8 Å². The summed E-state index contributed by atoms with van der Waals surface area (Å²) in [6.45, 7) is 12.5. The molecular formula is C63H74ClN9O6S. The van der Waals surface area contributed by atoms with Crippen LogP contribution in [0.5, 0.6) is 5.75 Å². The summed E-state index contributed by atoms with van der Waals surface area (Å²) >= 11 is 7.87. The molecular weight excluding hydrogens is 1050 g/mol. The number of carbonyl (C=O) groups is 1. The lowest BCUT2D eigenvalue weighted by atomic mass is 9.97. The van der Waals surface area contributed by atoms with E-state index in [2.05, 4.69) is 122 Å². The zero-order valence-corrected chi connectivity index (χ0v) is 47.2. The van der Waals surface area contributed by atoms with Crippen LogP contribution in [-0.4, -0.2) is 127 Å². The molecule has 3 atom stereocenters. The van der Waals surface area contributed by atoms with Gasteiger partial charge < -0.3 is 45.6 Å². The van der Waals surface area contributed by atoms with Gasteiger partial charge in [-0.3, -0.25) is 14.1 Å². The van der Waals surface area contributed by atoms with Crippen LogP contribution in [0.25, 0.3) is 16.6 Å². The number of nitrogens with two attached hydrogens (primary N) is 1. The van der Waals surface area contributed by atoms with Gasteiger partial charge in [0.1, 0.15) is 30.6 Å². The van der Waals surface area contributed by atoms with E-state index >= 15 is 0 Å². The maximum Gasteiger partial charge on any atom is 0.350 e. The van der Waals surface area contributed by atoms with Crippen LogP contribution in [0.1, 0.15) is 45.2 Å². The Morgan fingerprint density at radius 1 is 0.887 bits per heavy atom. The van der Waals surface area contributed by atoms with Crippen molar-refractivity contribution in [3.8, 4) is 5.75 Å². The van der Waals surface area contributed by atoms with E-state index in [9.17, 15) is 9.59 Å². The van der Waals surface area contributed by atoms with Crippen molar-refractivity contribution in [2.75, 3.05) is 84.1 Å². The summed E-state index contributed by atoms with van der Waals surface area (Å²) < 4.78 is 20.9. The third-order valence-corrected chi connectivity index (χ3v) is 15.0. The summed E-state index contributed by atoms with van der Waals surface area (Å²) in [7, 11) is 1.94. The van der Waals surface area contributed by atoms with Gasteiger partial charge in [-0.05, 0) is 102 Å². The Bertz CT molecular complexity index is 3320. The number of para-hydroxylation sites is 2. The molecule has 6 heterocycles. The average molecular weight is 1120 g/mol. The van der Waals surface area contributed by atoms with Crippen molar-refractivity contribution in [1.29, 1.82) is 0 Å². The molecule has 2 fully saturated rings. The molecule has 0 aliphatic carbocycles. The number of halogens is 1. The summed E-state index contributed by atoms with van der Waals surface area (Å²) in [5.74, 6) is -0.00430. The highest BCUT2D eigenvalue weighted by Crippen LogP contribution is 2.29. The first-order valence-corrected chi connectivity index (χ1v) is 28.6. The maximum absolute atomic E-state index is 12.3. The number of ether oxygens (including phenoxy) is 3. The molecule has 420 valence electrons. The molecule has 2 aliphatic heterocycles. The second-order valence-electron chi connectivity index (χ2n) is 19.6. The lowest BCUT2D eigenvalue weighted by molar-refractivity contribution is -0.138. The summed E-state index contributed by atoms with van der Waals surface area (Å²) in [5, 5.41) is 23.5. The topological polar surface area (TPSA) is 177 Å². The third-order valence-electron chi connectivity index (χ3n) is 13.9. The summed E-state index contributed by atoms with van der Waals surface area (Å²) in [6, 6.07) is 51.9. The van der Waals surface area contributed by atoms with E-state index in [0.29, 0.717) is 31.8 Å². The number of carboxylic acid groups (broad SMARTS) is 1. The van der Waals surface area contributed by atoms with Crippen molar-refractivity contribution in [3.63, 3.8) is 0 Å². The number of morpholine rings is 1. The van der Waals surface area contributed by atoms with Gasteiger partial charge in [0.05, 0.1) is 13.2 Å². The number of rotatable bonds is 19. The van der Waals surface area contributed by atoms with Gasteiger partial charge in [-0.15, -0.1) is 16.4 Å². The van der Waals surface area contributed by atoms with Gasteiger partial charge in [-0.1, -0.05) is 121 Å². The van der Waals surface area contributed by atoms with Gasteiger partial charge >= 0.3 is 11.7 Å². The highest BCUT2D eigenvalue weighted by molar-refractivity contribution is 7.09. The molecule has 2 saturated heterocycles. The van der Waals surface area contributed by atoms with E-state index in [-0.39, 0.29) is 17.9 Å². The fraction of sp³-hybridized carbons (Fsp3) is 0.317. The molecule has 0 amide bonds. The minimum Gasteiger partial charge on any atom is -0.491 e. The summed E-state index contributed by atoms with van der Waals surface area (Å²) in [5.41, 5.74) is 14.2. The number of likely N-dealkylation sites (N-methyl/N-ethyl adjacent to an activating group) is 1. The van der Waals surface area contributed by atoms with Crippen LogP contribution in [0.2, 0.25) is 5.02 Å². The van der Waals surface area contributed by atoms with Crippen molar-refractivity contribution in [2.24, 2.45) is 5.73 Å². The van der Waals surface area contributed by atoms with Crippen molar-refractivity contribution in [3.05, 3.63) is 224 Å². The van der Waals surface area contributed by atoms with E-state index in [4.69, 9.17) is 36.7 Å². The Morgan fingerprint density at radius 2 is 1.66 bits per heavy atom. The predicted octanol–water partition coefficient (Wildman–Crippen LogP) is 9.51. The number of fused-ring (bicyclic) bond motifs is 2. The number of nitrogens with one attached hydrogen (secondary N) is 3. The third kappa shape index (κ3) is 17.4. The minimum atomic E-state index is -0.972. The second kappa shape index (κ2) is 31.0. The van der Waals surface area contributed by atoms with E-state index in [0.717, 1.165) is 99.0 Å². The van der Waals surface area contributed by atoms with Crippen LogP contribution in [0.15, 0.2) is 180 Å². The molecule has 15 nitrogen and oxygen atoms in total. The Labute approximate surface area is 477 Å². The first-order chi connectivity index (χ1) is 39.1. The number of thiophene rings is 1. The molecule has 80 heavy (non-hydrogen) atoms. The fourth-order valence-electron chi connectivity index (χ4n) is 9.54. The van der Waals surface area contributed by atoms with Crippen LogP contribution >= 0.6 is 22.9 Å². The number of hydrogen-bond acceptors (Lipinski definition) is 12. The molecule has 4 aromatic heterocycles. The maximum atomic E-state index is 12.3. The number of benzene rings is 5. The largest absolute Gasteiger partial charge is 0.491 e. The minimum absolute atomic E-state index is 0.00995. The molecule has 0 bridgehead atoms. The Hall–Kier alpha value is -7.12. The quantitative estimate of drug-likeness (QED) is 0.0486. The lowest BCUT2D eigenvalue weighted by Gasteiger charge is -2.36. The number of anilines is 1. The first kappa shape index (κ1) is 59.0. The number of hydrogen-bond donors (Lipinski definition) is 5. The van der Waals surface area contributed by atoms with Crippen molar-refractivity contribution >= 4 is 51.1 Å². The predicted molar refractivity (Wildman–Crippen MR) is 323 cm³/mol. The molecule has 0 spiro atoms. The Morgan fingerprint density at radius 3 is 2.41 bits per heavy atom. The number of aliphatic carboxylic acids is 1. The number of aryl methyl sites for hydroxylation is 2. The number of pyridine rings is 1. The summed E-state index contributed by atoms with van der Waals surface area (Å²) in [6.07, 6.45) is 5.93. The molecule has 3 unspecified atom stereocenters. The van der Waals surface area contributed by atoms with Gasteiger partial charge in [-0.2, -0.15) is 0 Å². The molecule has 5 aromatic carbocycles. The first-order valence-electron chi connectivity index (χ1n) is 27.4. The zero-order chi connectivity index (χ0) is 55.9. The highest BCUT2D eigenvalue weighted by atomic mass is 35.5. The molecule has 9 aromatic rings. The molecule has 2 aliphatic rings. The van der Waals surface area contributed by atoms with Gasteiger partial charge in [0.15, 0.2) is 5.65 Å². The molecule has 0 radical (unpaired) electrons. The zero-order valence-electron chi connectivity index (χ0n) is 45.7. The normalized spacial score (nSPS) is 15.2. The number of aromatic amines is 1. The van der Waals surface area contributed by atoms with Crippen molar-refractivity contribution < 1.29 is 24.1 Å². The van der Waals surface area contributed by atoms with Gasteiger partial charge in [0.25, 0.3) is 0 Å². The number of aromatic nitrogens is 4. The van der Waals surface area contributed by atoms with Crippen LogP contribution in [0.3, 0.4) is 0 Å².